The van der Waals surface area contributed by atoms with E-state index in [9.17, 15) is 4.79 Å². The monoisotopic (exact) mass is 366 g/mol. The third-order valence-corrected chi connectivity index (χ3v) is 4.09. The van der Waals surface area contributed by atoms with Crippen LogP contribution in [0.4, 0.5) is 0 Å². The standard InChI is InChI=1S/C21H18O6/c1-2-23-20(22)18-16-12-15(26-13-14-6-4-3-5-7-14)8-9-17(16)27-19(18)21-24-10-11-25-21/h3-12,21H,2,13H2,1H3. The van der Waals surface area contributed by atoms with Crippen LogP contribution in [-0.4, -0.2) is 12.6 Å². The summed E-state index contributed by atoms with van der Waals surface area (Å²) in [6.07, 6.45) is 1.99. The van der Waals surface area contributed by atoms with Gasteiger partial charge in [0.15, 0.2) is 0 Å². The number of carbonyl (C=O) groups is 1. The van der Waals surface area contributed by atoms with Crippen molar-refractivity contribution in [2.45, 2.75) is 19.8 Å². The van der Waals surface area contributed by atoms with E-state index in [0.717, 1.165) is 5.56 Å². The van der Waals surface area contributed by atoms with Gasteiger partial charge in [0.2, 0.25) is 5.76 Å². The second-order valence-corrected chi connectivity index (χ2v) is 5.87. The molecular weight excluding hydrogens is 348 g/mol. The van der Waals surface area contributed by atoms with Gasteiger partial charge < -0.3 is 23.4 Å². The summed E-state index contributed by atoms with van der Waals surface area (Å²) >= 11 is 0. The second kappa shape index (κ2) is 7.45. The molecule has 0 atom stereocenters. The SMILES string of the molecule is CCOC(=O)c1c(C2OC=CO2)oc2ccc(OCc3ccccc3)cc12. The van der Waals surface area contributed by atoms with E-state index in [1.807, 2.05) is 30.3 Å². The number of hydrogen-bond donors (Lipinski definition) is 0. The molecule has 4 rings (SSSR count). The molecule has 0 fully saturated rings. The predicted molar refractivity (Wildman–Crippen MR) is 97.0 cm³/mol. The van der Waals surface area contributed by atoms with Crippen molar-refractivity contribution in [2.24, 2.45) is 0 Å². The van der Waals surface area contributed by atoms with Crippen LogP contribution in [0.2, 0.25) is 0 Å². The van der Waals surface area contributed by atoms with E-state index in [1.54, 1.807) is 25.1 Å². The lowest BCUT2D eigenvalue weighted by Crippen LogP contribution is -2.09. The summed E-state index contributed by atoms with van der Waals surface area (Å²) in [7, 11) is 0. The van der Waals surface area contributed by atoms with Crippen LogP contribution < -0.4 is 4.74 Å². The third-order valence-electron chi connectivity index (χ3n) is 4.09. The molecule has 3 aromatic rings. The van der Waals surface area contributed by atoms with Crippen molar-refractivity contribution in [3.8, 4) is 5.75 Å². The lowest BCUT2D eigenvalue weighted by atomic mass is 10.1. The first kappa shape index (κ1) is 17.0. The van der Waals surface area contributed by atoms with Gasteiger partial charge >= 0.3 is 5.97 Å². The van der Waals surface area contributed by atoms with Gasteiger partial charge in [-0.05, 0) is 30.7 Å². The largest absolute Gasteiger partial charge is 0.489 e. The van der Waals surface area contributed by atoms with E-state index in [0.29, 0.717) is 23.3 Å². The molecule has 0 saturated heterocycles. The summed E-state index contributed by atoms with van der Waals surface area (Å²) in [4.78, 5) is 12.5. The number of furan rings is 1. The number of carbonyl (C=O) groups excluding carboxylic acids is 1. The summed E-state index contributed by atoms with van der Waals surface area (Å²) in [5.74, 6) is 0.398. The number of rotatable bonds is 6. The fourth-order valence-corrected chi connectivity index (χ4v) is 2.87. The summed E-state index contributed by atoms with van der Waals surface area (Å²) in [5, 5.41) is 0.591. The Balaban J connectivity index is 1.68. The predicted octanol–water partition coefficient (Wildman–Crippen LogP) is 4.71. The molecule has 0 spiro atoms. The lowest BCUT2D eigenvalue weighted by molar-refractivity contribution is -0.0405. The molecule has 0 amide bonds. The molecule has 2 heterocycles. The number of ether oxygens (including phenoxy) is 4. The molecule has 1 aliphatic rings. The fraction of sp³-hybridized carbons (Fsp3) is 0.190. The third kappa shape index (κ3) is 3.46. The van der Waals surface area contributed by atoms with Crippen molar-refractivity contribution in [1.29, 1.82) is 0 Å². The summed E-state index contributed by atoms with van der Waals surface area (Å²) < 4.78 is 27.6. The highest BCUT2D eigenvalue weighted by molar-refractivity contribution is 6.05. The smallest absolute Gasteiger partial charge is 0.342 e. The zero-order valence-electron chi connectivity index (χ0n) is 14.7. The number of esters is 1. The van der Waals surface area contributed by atoms with E-state index < -0.39 is 12.3 Å². The first-order chi connectivity index (χ1) is 13.3. The molecular formula is C21H18O6. The van der Waals surface area contributed by atoms with Gasteiger partial charge in [0.25, 0.3) is 6.29 Å². The Morgan fingerprint density at radius 3 is 2.59 bits per heavy atom. The molecule has 0 radical (unpaired) electrons. The van der Waals surface area contributed by atoms with Crippen molar-refractivity contribution in [2.75, 3.05) is 6.61 Å². The van der Waals surface area contributed by atoms with Crippen LogP contribution in [0.1, 0.15) is 34.9 Å². The molecule has 0 unspecified atom stereocenters. The molecule has 0 aliphatic carbocycles. The Morgan fingerprint density at radius 2 is 1.85 bits per heavy atom. The van der Waals surface area contributed by atoms with Gasteiger partial charge in [-0.1, -0.05) is 30.3 Å². The highest BCUT2D eigenvalue weighted by Gasteiger charge is 2.31. The van der Waals surface area contributed by atoms with Crippen molar-refractivity contribution >= 4 is 16.9 Å². The Bertz CT molecular complexity index is 965. The Labute approximate surface area is 155 Å². The molecule has 27 heavy (non-hydrogen) atoms. The second-order valence-electron chi connectivity index (χ2n) is 5.87. The van der Waals surface area contributed by atoms with Crippen LogP contribution in [-0.2, 0) is 20.8 Å². The minimum absolute atomic E-state index is 0.250. The highest BCUT2D eigenvalue weighted by atomic mass is 16.7. The minimum atomic E-state index is -0.814. The van der Waals surface area contributed by atoms with Crippen molar-refractivity contribution in [3.05, 3.63) is 77.9 Å². The van der Waals surface area contributed by atoms with E-state index in [1.165, 1.54) is 12.5 Å². The van der Waals surface area contributed by atoms with E-state index in [2.05, 4.69) is 0 Å². The van der Waals surface area contributed by atoms with Gasteiger partial charge in [0, 0.05) is 5.39 Å². The topological polar surface area (TPSA) is 67.1 Å². The van der Waals surface area contributed by atoms with Crippen LogP contribution in [0.15, 0.2) is 65.5 Å². The van der Waals surface area contributed by atoms with Gasteiger partial charge in [-0.15, -0.1) is 0 Å². The van der Waals surface area contributed by atoms with Crippen LogP contribution in [0.3, 0.4) is 0 Å². The highest BCUT2D eigenvalue weighted by Crippen LogP contribution is 2.36. The van der Waals surface area contributed by atoms with E-state index in [4.69, 9.17) is 23.4 Å². The van der Waals surface area contributed by atoms with Gasteiger partial charge in [-0.25, -0.2) is 4.79 Å². The van der Waals surface area contributed by atoms with Crippen LogP contribution in [0.5, 0.6) is 5.75 Å². The zero-order valence-corrected chi connectivity index (χ0v) is 14.7. The fourth-order valence-electron chi connectivity index (χ4n) is 2.87. The maximum absolute atomic E-state index is 12.5. The Morgan fingerprint density at radius 1 is 1.07 bits per heavy atom. The lowest BCUT2D eigenvalue weighted by Gasteiger charge is -2.09. The first-order valence-corrected chi connectivity index (χ1v) is 8.62. The van der Waals surface area contributed by atoms with Gasteiger partial charge in [-0.3, -0.25) is 0 Å². The molecule has 2 aromatic carbocycles. The molecule has 0 N–H and O–H groups in total. The van der Waals surface area contributed by atoms with Crippen molar-refractivity contribution in [3.63, 3.8) is 0 Å². The van der Waals surface area contributed by atoms with Crippen LogP contribution in [0.25, 0.3) is 11.0 Å². The number of benzene rings is 2. The first-order valence-electron chi connectivity index (χ1n) is 8.62. The van der Waals surface area contributed by atoms with Gasteiger partial charge in [0.1, 0.15) is 36.0 Å². The van der Waals surface area contributed by atoms with Crippen molar-refractivity contribution in [1.82, 2.24) is 0 Å². The summed E-state index contributed by atoms with van der Waals surface area (Å²) in [5.41, 5.74) is 1.86. The quantitative estimate of drug-likeness (QED) is 0.589. The number of hydrogen-bond acceptors (Lipinski definition) is 6. The summed E-state index contributed by atoms with van der Waals surface area (Å²) in [6, 6.07) is 15.2. The minimum Gasteiger partial charge on any atom is -0.489 e. The normalized spacial score (nSPS) is 13.4. The molecule has 6 heteroatoms. The van der Waals surface area contributed by atoms with Crippen LogP contribution >= 0.6 is 0 Å². The van der Waals surface area contributed by atoms with Crippen LogP contribution in [0, 0.1) is 0 Å². The molecule has 138 valence electrons. The van der Waals surface area contributed by atoms with Crippen molar-refractivity contribution < 1.29 is 28.2 Å². The molecule has 0 bridgehead atoms. The van der Waals surface area contributed by atoms with E-state index >= 15 is 0 Å². The Kier molecular flexibility index (Phi) is 4.70. The average molecular weight is 366 g/mol. The zero-order chi connectivity index (χ0) is 18.6. The molecule has 1 aromatic heterocycles. The number of fused-ring (bicyclic) bond motifs is 1. The Hall–Kier alpha value is -3.41. The average Bonchev–Trinajstić information content (AvgIpc) is 3.34. The molecule has 6 nitrogen and oxygen atoms in total. The maximum atomic E-state index is 12.5. The maximum Gasteiger partial charge on any atom is 0.342 e. The molecule has 0 saturated carbocycles. The summed E-state index contributed by atoms with van der Waals surface area (Å²) in [6.45, 7) is 2.42. The van der Waals surface area contributed by atoms with Gasteiger partial charge in [-0.2, -0.15) is 0 Å². The van der Waals surface area contributed by atoms with Gasteiger partial charge in [0.05, 0.1) is 6.61 Å². The molecule has 1 aliphatic heterocycles. The van der Waals surface area contributed by atoms with E-state index in [-0.39, 0.29) is 17.9 Å².